The lowest BCUT2D eigenvalue weighted by Crippen LogP contribution is -2.34. The molecule has 2 aromatic rings. The first-order chi connectivity index (χ1) is 10.1. The third-order valence-electron chi connectivity index (χ3n) is 2.39. The average Bonchev–Trinajstić information content (AvgIpc) is 2.90. The van der Waals surface area contributed by atoms with Crippen LogP contribution in [0.1, 0.15) is 11.9 Å². The van der Waals surface area contributed by atoms with E-state index in [9.17, 15) is 4.79 Å². The number of nitrogens with zero attached hydrogens (tertiary/aromatic N) is 3. The minimum Gasteiger partial charge on any atom is -0.487 e. The highest BCUT2D eigenvalue weighted by Crippen LogP contribution is 2.21. The van der Waals surface area contributed by atoms with E-state index in [1.165, 1.54) is 23.1 Å². The Labute approximate surface area is 131 Å². The van der Waals surface area contributed by atoms with Gasteiger partial charge in [-0.15, -0.1) is 10.2 Å². The lowest BCUT2D eigenvalue weighted by atomic mass is 10.4. The van der Waals surface area contributed by atoms with Gasteiger partial charge in [0.2, 0.25) is 5.91 Å². The summed E-state index contributed by atoms with van der Waals surface area (Å²) < 4.78 is 6.43. The Bertz CT molecular complexity index is 577. The van der Waals surface area contributed by atoms with Gasteiger partial charge >= 0.3 is 0 Å². The van der Waals surface area contributed by atoms with Crippen LogP contribution in [-0.2, 0) is 4.79 Å². The molecule has 0 bridgehead atoms. The molecule has 2 aromatic heterocycles. The summed E-state index contributed by atoms with van der Waals surface area (Å²) in [5.41, 5.74) is 0. The third kappa shape index (κ3) is 5.68. The number of carbonyl (C=O) groups excluding carboxylic acids is 1. The molecule has 6 nitrogen and oxygen atoms in total. The lowest BCUT2D eigenvalue weighted by molar-refractivity contribution is -0.118. The summed E-state index contributed by atoms with van der Waals surface area (Å²) in [6.07, 6.45) is 3.21. The summed E-state index contributed by atoms with van der Waals surface area (Å²) in [5, 5.41) is 11.6. The number of amides is 1. The summed E-state index contributed by atoms with van der Waals surface area (Å²) >= 11 is 2.87. The zero-order valence-corrected chi connectivity index (χ0v) is 13.4. The number of nitrogens with one attached hydrogen (secondary N) is 1. The summed E-state index contributed by atoms with van der Waals surface area (Å²) in [6, 6.07) is 3.64. The average molecular weight is 324 g/mol. The van der Waals surface area contributed by atoms with Crippen molar-refractivity contribution >= 4 is 29.0 Å². The number of ether oxygens (including phenoxy) is 1. The normalized spacial score (nSPS) is 11.9. The Hall–Kier alpha value is -1.67. The number of thioether (sulfide) groups is 1. The maximum atomic E-state index is 11.7. The second-order valence-corrected chi connectivity index (χ2v) is 6.70. The maximum Gasteiger partial charge on any atom is 0.230 e. The first-order valence-electron chi connectivity index (χ1n) is 6.40. The van der Waals surface area contributed by atoms with Gasteiger partial charge in [0.15, 0.2) is 4.34 Å². The van der Waals surface area contributed by atoms with E-state index < -0.39 is 0 Å². The van der Waals surface area contributed by atoms with Gasteiger partial charge in [0.1, 0.15) is 16.9 Å². The molecule has 2 heterocycles. The zero-order chi connectivity index (χ0) is 15.1. The van der Waals surface area contributed by atoms with Gasteiger partial charge in [0.05, 0.1) is 18.5 Å². The van der Waals surface area contributed by atoms with Crippen molar-refractivity contribution in [3.05, 3.63) is 29.5 Å². The topological polar surface area (TPSA) is 77.0 Å². The number of pyridine rings is 1. The highest BCUT2D eigenvalue weighted by atomic mass is 32.2. The number of hydrogen-bond acceptors (Lipinski definition) is 7. The first kappa shape index (κ1) is 15.7. The van der Waals surface area contributed by atoms with Gasteiger partial charge in [-0.1, -0.05) is 23.1 Å². The van der Waals surface area contributed by atoms with Crippen LogP contribution >= 0.6 is 23.1 Å². The van der Waals surface area contributed by atoms with Crippen LogP contribution in [0.5, 0.6) is 5.75 Å². The molecule has 21 heavy (non-hydrogen) atoms. The Morgan fingerprint density at radius 3 is 3.05 bits per heavy atom. The molecule has 1 atom stereocenters. The highest BCUT2D eigenvalue weighted by molar-refractivity contribution is 8.01. The molecular weight excluding hydrogens is 308 g/mol. The fourth-order valence-electron chi connectivity index (χ4n) is 1.46. The minimum absolute atomic E-state index is 0.0468. The van der Waals surface area contributed by atoms with E-state index in [1.807, 2.05) is 19.9 Å². The van der Waals surface area contributed by atoms with Gasteiger partial charge < -0.3 is 10.1 Å². The van der Waals surface area contributed by atoms with Crippen LogP contribution in [0.4, 0.5) is 0 Å². The third-order valence-corrected chi connectivity index (χ3v) is 4.36. The molecule has 0 aliphatic carbocycles. The molecule has 0 spiro atoms. The SMILES string of the molecule is Cc1nnc(SCC(=O)NC[C@H](C)Oc2cccnc2)s1. The second-order valence-electron chi connectivity index (χ2n) is 4.30. The van der Waals surface area contributed by atoms with Crippen LogP contribution in [0.2, 0.25) is 0 Å². The summed E-state index contributed by atoms with van der Waals surface area (Å²) in [7, 11) is 0. The molecular formula is C13H16N4O2S2. The molecule has 0 saturated heterocycles. The molecule has 8 heteroatoms. The summed E-state index contributed by atoms with van der Waals surface area (Å²) in [4.78, 5) is 15.7. The first-order valence-corrected chi connectivity index (χ1v) is 8.20. The quantitative estimate of drug-likeness (QED) is 0.784. The van der Waals surface area contributed by atoms with E-state index in [0.29, 0.717) is 18.0 Å². The lowest BCUT2D eigenvalue weighted by Gasteiger charge is -2.14. The number of rotatable bonds is 7. The molecule has 0 fully saturated rings. The molecule has 1 N–H and O–H groups in total. The molecule has 1 amide bonds. The number of aromatic nitrogens is 3. The molecule has 0 aliphatic rings. The molecule has 2 rings (SSSR count). The zero-order valence-electron chi connectivity index (χ0n) is 11.8. The largest absolute Gasteiger partial charge is 0.487 e. The van der Waals surface area contributed by atoms with Crippen molar-refractivity contribution in [1.82, 2.24) is 20.5 Å². The summed E-state index contributed by atoms with van der Waals surface area (Å²) in [5.74, 6) is 0.973. The standard InChI is InChI=1S/C13H16N4O2S2/c1-9(19-11-4-3-5-14-7-11)6-15-12(18)8-20-13-17-16-10(2)21-13/h3-5,7,9H,6,8H2,1-2H3,(H,15,18)/t9-/m0/s1. The van der Waals surface area contributed by atoms with Crippen molar-refractivity contribution in [1.29, 1.82) is 0 Å². The van der Waals surface area contributed by atoms with E-state index in [2.05, 4.69) is 20.5 Å². The number of aryl methyl sites for hydroxylation is 1. The fraction of sp³-hybridized carbons (Fsp3) is 0.385. The van der Waals surface area contributed by atoms with Crippen molar-refractivity contribution in [2.45, 2.75) is 24.3 Å². The van der Waals surface area contributed by atoms with Gasteiger partial charge in [-0.05, 0) is 26.0 Å². The Balaban J connectivity index is 1.66. The maximum absolute atomic E-state index is 11.7. The van der Waals surface area contributed by atoms with Gasteiger partial charge in [-0.2, -0.15) is 0 Å². The number of carbonyl (C=O) groups is 1. The highest BCUT2D eigenvalue weighted by Gasteiger charge is 2.09. The van der Waals surface area contributed by atoms with E-state index in [1.54, 1.807) is 18.5 Å². The Kier molecular flexibility index (Phi) is 5.94. The smallest absolute Gasteiger partial charge is 0.230 e. The molecule has 112 valence electrons. The predicted molar refractivity (Wildman–Crippen MR) is 82.7 cm³/mol. The van der Waals surface area contributed by atoms with Crippen molar-refractivity contribution in [3.63, 3.8) is 0 Å². The Morgan fingerprint density at radius 1 is 1.52 bits per heavy atom. The van der Waals surface area contributed by atoms with E-state index in [-0.39, 0.29) is 12.0 Å². The second kappa shape index (κ2) is 7.94. The predicted octanol–water partition coefficient (Wildman–Crippen LogP) is 1.92. The minimum atomic E-state index is -0.119. The summed E-state index contributed by atoms with van der Waals surface area (Å²) in [6.45, 7) is 4.23. The van der Waals surface area contributed by atoms with Crippen LogP contribution in [-0.4, -0.2) is 39.5 Å². The molecule has 0 aromatic carbocycles. The van der Waals surface area contributed by atoms with Gasteiger partial charge in [0, 0.05) is 6.20 Å². The van der Waals surface area contributed by atoms with Gasteiger partial charge in [-0.3, -0.25) is 9.78 Å². The monoisotopic (exact) mass is 324 g/mol. The molecule has 0 saturated carbocycles. The van der Waals surface area contributed by atoms with Crippen LogP contribution < -0.4 is 10.1 Å². The van der Waals surface area contributed by atoms with Crippen molar-refractivity contribution in [2.75, 3.05) is 12.3 Å². The van der Waals surface area contributed by atoms with Crippen molar-refractivity contribution < 1.29 is 9.53 Å². The molecule has 0 radical (unpaired) electrons. The van der Waals surface area contributed by atoms with Crippen molar-refractivity contribution in [2.24, 2.45) is 0 Å². The van der Waals surface area contributed by atoms with Crippen LogP contribution in [0.25, 0.3) is 0 Å². The van der Waals surface area contributed by atoms with E-state index >= 15 is 0 Å². The van der Waals surface area contributed by atoms with Gasteiger partial charge in [-0.25, -0.2) is 0 Å². The van der Waals surface area contributed by atoms with E-state index in [0.717, 1.165) is 9.35 Å². The molecule has 0 unspecified atom stereocenters. The van der Waals surface area contributed by atoms with Crippen LogP contribution in [0, 0.1) is 6.92 Å². The van der Waals surface area contributed by atoms with Gasteiger partial charge in [0.25, 0.3) is 0 Å². The van der Waals surface area contributed by atoms with Crippen molar-refractivity contribution in [3.8, 4) is 5.75 Å². The Morgan fingerprint density at radius 2 is 2.38 bits per heavy atom. The van der Waals surface area contributed by atoms with Crippen LogP contribution in [0.3, 0.4) is 0 Å². The van der Waals surface area contributed by atoms with Crippen LogP contribution in [0.15, 0.2) is 28.9 Å². The number of hydrogen-bond donors (Lipinski definition) is 1. The van der Waals surface area contributed by atoms with E-state index in [4.69, 9.17) is 4.74 Å². The fourth-order valence-corrected chi connectivity index (χ4v) is 3.11. The molecule has 0 aliphatic heterocycles.